The number of hydrogen-bond acceptors (Lipinski definition) is 6. The second-order valence-corrected chi connectivity index (χ2v) is 20.1. The Labute approximate surface area is 371 Å². The van der Waals surface area contributed by atoms with Crippen molar-refractivity contribution in [1.29, 1.82) is 0 Å². The Morgan fingerprint density at radius 2 is 0.839 bits per heavy atom. The van der Waals surface area contributed by atoms with Gasteiger partial charge in [-0.05, 0) is 124 Å². The first-order valence-electron chi connectivity index (χ1n) is 21.4. The van der Waals surface area contributed by atoms with Crippen LogP contribution in [0.3, 0.4) is 0 Å². The lowest BCUT2D eigenvalue weighted by molar-refractivity contribution is 0.742. The quantitative estimate of drug-likeness (QED) is 0.167. The predicted molar refractivity (Wildman–Crippen MR) is 264 cm³/mol. The van der Waals surface area contributed by atoms with Crippen LogP contribution in [0.1, 0.15) is 30.7 Å². The maximum atomic E-state index is 5.30. The Bertz CT molecular complexity index is 3550. The third kappa shape index (κ3) is 6.19. The van der Waals surface area contributed by atoms with Crippen LogP contribution in [0.25, 0.3) is 108 Å². The van der Waals surface area contributed by atoms with Gasteiger partial charge in [-0.1, -0.05) is 116 Å². The Morgan fingerprint density at radius 1 is 0.355 bits per heavy atom. The van der Waals surface area contributed by atoms with Crippen molar-refractivity contribution in [2.45, 2.75) is 35.3 Å². The molecular weight excluding hydrogens is 811 g/mol. The van der Waals surface area contributed by atoms with Gasteiger partial charge < -0.3 is 0 Å². The van der Waals surface area contributed by atoms with Gasteiger partial charge in [0, 0.05) is 67.2 Å². The van der Waals surface area contributed by atoms with Gasteiger partial charge in [0.05, 0.1) is 0 Å². The molecule has 6 heteroatoms. The van der Waals surface area contributed by atoms with Gasteiger partial charge in [-0.2, -0.15) is 0 Å². The van der Waals surface area contributed by atoms with Gasteiger partial charge in [0.2, 0.25) is 0 Å². The first-order valence-corrected chi connectivity index (χ1v) is 23.9. The lowest BCUT2D eigenvalue weighted by atomic mass is 9.91. The van der Waals surface area contributed by atoms with Crippen LogP contribution in [0.5, 0.6) is 0 Å². The van der Waals surface area contributed by atoms with Crippen LogP contribution >= 0.6 is 34.4 Å². The third-order valence-electron chi connectivity index (χ3n) is 12.9. The normalized spacial score (nSPS) is 15.8. The average Bonchev–Trinajstić information content (AvgIpc) is 4.13. The molecule has 0 saturated heterocycles. The monoisotopic (exact) mass is 847 g/mol. The summed E-state index contributed by atoms with van der Waals surface area (Å²) in [5.41, 5.74) is 11.5. The topological polar surface area (TPSA) is 38.7 Å². The number of nitrogens with zero attached hydrogens (tertiary/aromatic N) is 3. The van der Waals surface area contributed by atoms with Crippen LogP contribution in [0, 0.1) is 0 Å². The SMILES string of the molecule is c1ccc(-c2nc(-c3ccc(-c4ccc5sc6ccccc6c5c4)cc3)nc(-c3cc(-c4ccc5c(c4)C4CCCC4S5)cc(-c4ccc5sc6ccccc6c5c4)c3)n2)cc1. The molecule has 1 fully saturated rings. The summed E-state index contributed by atoms with van der Waals surface area (Å²) in [6.45, 7) is 0. The second-order valence-electron chi connectivity index (χ2n) is 16.6. The van der Waals surface area contributed by atoms with Crippen LogP contribution in [0.4, 0.5) is 0 Å². The Hall–Kier alpha value is -6.44. The zero-order chi connectivity index (χ0) is 40.7. The number of benzene rings is 8. The van der Waals surface area contributed by atoms with E-state index < -0.39 is 0 Å². The summed E-state index contributed by atoms with van der Waals surface area (Å²) >= 11 is 5.79. The largest absolute Gasteiger partial charge is 0.208 e. The minimum Gasteiger partial charge on any atom is -0.208 e. The van der Waals surface area contributed by atoms with Crippen molar-refractivity contribution in [3.63, 3.8) is 0 Å². The summed E-state index contributed by atoms with van der Waals surface area (Å²) in [6, 6.07) is 64.2. The standard InChI is InChI=1S/C56H37N3S3/c1-2-9-34(10-3-1)54-57-55(35-19-17-33(18-20-35)36-21-24-51-45(30-36)42-11-4-6-14-48(42)60-51)59-56(58-54)41-28-39(37-22-25-52-46(31-37)43-12-5-7-15-49(43)61-52)27-40(29-41)38-23-26-53-47(32-38)44-13-8-16-50(44)62-53/h1-7,9-12,14-15,17-32,44,50H,8,13,16H2. The molecule has 13 rings (SSSR count). The zero-order valence-electron chi connectivity index (χ0n) is 33.6. The van der Waals surface area contributed by atoms with E-state index in [4.69, 9.17) is 15.0 Å². The number of fused-ring (bicyclic) bond motifs is 9. The Balaban J connectivity index is 0.957. The molecule has 3 nitrogen and oxygen atoms in total. The van der Waals surface area contributed by atoms with E-state index in [9.17, 15) is 0 Å². The van der Waals surface area contributed by atoms with Crippen LogP contribution in [-0.4, -0.2) is 20.2 Å². The van der Waals surface area contributed by atoms with Crippen LogP contribution in [-0.2, 0) is 0 Å². The van der Waals surface area contributed by atoms with Gasteiger partial charge in [-0.25, -0.2) is 15.0 Å². The van der Waals surface area contributed by atoms with Gasteiger partial charge >= 0.3 is 0 Å². The lowest BCUT2D eigenvalue weighted by Crippen LogP contribution is -2.01. The summed E-state index contributed by atoms with van der Waals surface area (Å²) in [5, 5.41) is 5.91. The molecular formula is C56H37N3S3. The number of thiophene rings is 2. The molecule has 2 atom stereocenters. The van der Waals surface area contributed by atoms with Crippen molar-refractivity contribution in [1.82, 2.24) is 15.0 Å². The number of hydrogen-bond donors (Lipinski definition) is 0. The average molecular weight is 848 g/mol. The summed E-state index contributed by atoms with van der Waals surface area (Å²) in [7, 11) is 0. The highest BCUT2D eigenvalue weighted by atomic mass is 32.2. The van der Waals surface area contributed by atoms with E-state index in [0.717, 1.165) is 27.8 Å². The first kappa shape index (κ1) is 36.2. The number of thioether (sulfide) groups is 1. The maximum absolute atomic E-state index is 5.30. The molecule has 11 aromatic rings. The van der Waals surface area contributed by atoms with E-state index in [1.54, 1.807) is 0 Å². The molecule has 1 aliphatic heterocycles. The maximum Gasteiger partial charge on any atom is 0.164 e. The van der Waals surface area contributed by atoms with E-state index in [2.05, 4.69) is 169 Å². The number of rotatable bonds is 6. The molecule has 8 aromatic carbocycles. The summed E-state index contributed by atoms with van der Waals surface area (Å²) in [6.07, 6.45) is 3.92. The molecule has 3 aromatic heterocycles. The van der Waals surface area contributed by atoms with E-state index >= 15 is 0 Å². The smallest absolute Gasteiger partial charge is 0.164 e. The highest BCUT2D eigenvalue weighted by molar-refractivity contribution is 8.00. The van der Waals surface area contributed by atoms with Crippen LogP contribution < -0.4 is 0 Å². The molecule has 0 spiro atoms. The van der Waals surface area contributed by atoms with Crippen LogP contribution in [0.15, 0.2) is 181 Å². The molecule has 1 saturated carbocycles. The zero-order valence-corrected chi connectivity index (χ0v) is 36.0. The van der Waals surface area contributed by atoms with Gasteiger partial charge in [0.25, 0.3) is 0 Å². The molecule has 294 valence electrons. The lowest BCUT2D eigenvalue weighted by Gasteiger charge is -2.14. The molecule has 2 unspecified atom stereocenters. The fraction of sp³-hybridized carbons (Fsp3) is 0.0893. The molecule has 62 heavy (non-hydrogen) atoms. The fourth-order valence-electron chi connectivity index (χ4n) is 9.77. The number of aromatic nitrogens is 3. The van der Waals surface area contributed by atoms with Crippen molar-refractivity contribution >= 4 is 74.8 Å². The van der Waals surface area contributed by atoms with E-state index in [-0.39, 0.29) is 0 Å². The van der Waals surface area contributed by atoms with Crippen molar-refractivity contribution in [3.05, 3.63) is 181 Å². The summed E-state index contributed by atoms with van der Waals surface area (Å²) < 4.78 is 5.24. The molecule has 1 aliphatic carbocycles. The minimum absolute atomic E-state index is 0.649. The minimum atomic E-state index is 0.649. The van der Waals surface area contributed by atoms with Gasteiger partial charge in [0.1, 0.15) is 0 Å². The molecule has 0 N–H and O–H groups in total. The summed E-state index contributed by atoms with van der Waals surface area (Å²) in [5.74, 6) is 2.62. The van der Waals surface area contributed by atoms with Crippen molar-refractivity contribution in [3.8, 4) is 67.5 Å². The van der Waals surface area contributed by atoms with Crippen molar-refractivity contribution < 1.29 is 0 Å². The van der Waals surface area contributed by atoms with E-state index in [1.165, 1.54) is 92.3 Å². The predicted octanol–water partition coefficient (Wildman–Crippen LogP) is 16.4. The first-order chi connectivity index (χ1) is 30.6. The van der Waals surface area contributed by atoms with Gasteiger partial charge in [0.15, 0.2) is 17.5 Å². The molecule has 2 aliphatic rings. The summed E-state index contributed by atoms with van der Waals surface area (Å²) in [4.78, 5) is 17.1. The van der Waals surface area contributed by atoms with Gasteiger partial charge in [-0.3, -0.25) is 0 Å². The van der Waals surface area contributed by atoms with E-state index in [0.29, 0.717) is 28.6 Å². The molecule has 0 bridgehead atoms. The Morgan fingerprint density at radius 3 is 1.50 bits per heavy atom. The highest BCUT2D eigenvalue weighted by Gasteiger charge is 2.37. The van der Waals surface area contributed by atoms with Crippen LogP contribution in [0.2, 0.25) is 0 Å². The second kappa shape index (κ2) is 14.6. The third-order valence-corrected chi connectivity index (χ3v) is 16.7. The van der Waals surface area contributed by atoms with Crippen molar-refractivity contribution in [2.75, 3.05) is 0 Å². The Kier molecular flexibility index (Phi) is 8.53. The van der Waals surface area contributed by atoms with E-state index in [1.807, 2.05) is 40.9 Å². The van der Waals surface area contributed by atoms with Crippen molar-refractivity contribution in [2.24, 2.45) is 0 Å². The van der Waals surface area contributed by atoms with Gasteiger partial charge in [-0.15, -0.1) is 34.4 Å². The molecule has 0 radical (unpaired) electrons. The highest BCUT2D eigenvalue weighted by Crippen LogP contribution is 2.54. The molecule has 4 heterocycles. The molecule has 0 amide bonds. The fourth-order valence-corrected chi connectivity index (χ4v) is 13.5.